The number of allylic oxidation sites excluding steroid dienone is 1. The van der Waals surface area contributed by atoms with Crippen molar-refractivity contribution in [3.05, 3.63) is 41.7 Å². The molecule has 3 nitrogen and oxygen atoms in total. The van der Waals surface area contributed by atoms with Gasteiger partial charge in [0.1, 0.15) is 5.82 Å². The number of anilines is 1. The van der Waals surface area contributed by atoms with Crippen molar-refractivity contribution in [3.63, 3.8) is 0 Å². The molecule has 4 heteroatoms. The van der Waals surface area contributed by atoms with Crippen molar-refractivity contribution < 1.29 is 9.18 Å². The molecule has 1 amide bonds. The summed E-state index contributed by atoms with van der Waals surface area (Å²) in [4.78, 5) is 11.9. The largest absolute Gasteiger partial charge is 0.326 e. The number of halogens is 1. The number of hydrogen-bond donors (Lipinski definition) is 2. The lowest BCUT2D eigenvalue weighted by atomic mass is 9.97. The Balaban J connectivity index is 1.65. The van der Waals surface area contributed by atoms with E-state index in [1.54, 1.807) is 17.7 Å². The molecule has 120 valence electrons. The third-order valence-corrected chi connectivity index (χ3v) is 3.94. The van der Waals surface area contributed by atoms with Crippen molar-refractivity contribution >= 4 is 11.6 Å². The first-order valence-corrected chi connectivity index (χ1v) is 8.10. The van der Waals surface area contributed by atoms with Gasteiger partial charge in [0, 0.05) is 18.2 Å². The zero-order valence-electron chi connectivity index (χ0n) is 13.2. The van der Waals surface area contributed by atoms with Crippen LogP contribution in [0, 0.1) is 5.82 Å². The van der Waals surface area contributed by atoms with Gasteiger partial charge >= 0.3 is 0 Å². The van der Waals surface area contributed by atoms with Crippen molar-refractivity contribution in [3.8, 4) is 0 Å². The van der Waals surface area contributed by atoms with Gasteiger partial charge in [0.15, 0.2) is 0 Å². The zero-order chi connectivity index (χ0) is 15.8. The molecule has 0 spiro atoms. The predicted molar refractivity (Wildman–Crippen MR) is 88.3 cm³/mol. The quantitative estimate of drug-likeness (QED) is 0.747. The fraction of sp³-hybridized carbons (Fsp3) is 0.500. The van der Waals surface area contributed by atoms with Gasteiger partial charge in [-0.15, -0.1) is 0 Å². The number of hydrogen-bond acceptors (Lipinski definition) is 2. The van der Waals surface area contributed by atoms with E-state index in [4.69, 9.17) is 0 Å². The highest BCUT2D eigenvalue weighted by molar-refractivity contribution is 5.91. The van der Waals surface area contributed by atoms with E-state index in [1.165, 1.54) is 37.8 Å². The molecule has 0 radical (unpaired) electrons. The number of nitrogens with one attached hydrogen (secondary N) is 2. The topological polar surface area (TPSA) is 41.1 Å². The summed E-state index contributed by atoms with van der Waals surface area (Å²) in [6.07, 6.45) is 8.90. The molecule has 1 unspecified atom stereocenters. The lowest BCUT2D eigenvalue weighted by Gasteiger charge is -2.16. The van der Waals surface area contributed by atoms with Crippen molar-refractivity contribution in [2.75, 3.05) is 11.9 Å². The molecular formula is C18H25FN2O. The molecule has 22 heavy (non-hydrogen) atoms. The maximum Gasteiger partial charge on any atom is 0.225 e. The van der Waals surface area contributed by atoms with E-state index in [9.17, 15) is 9.18 Å². The highest BCUT2D eigenvalue weighted by atomic mass is 19.1. The minimum Gasteiger partial charge on any atom is -0.326 e. The number of amides is 1. The first-order chi connectivity index (χ1) is 10.6. The second-order valence-electron chi connectivity index (χ2n) is 5.97. The molecular weight excluding hydrogens is 279 g/mol. The summed E-state index contributed by atoms with van der Waals surface area (Å²) in [5.74, 6) is -0.353. The third kappa shape index (κ3) is 5.98. The summed E-state index contributed by atoms with van der Waals surface area (Å²) in [5, 5.41) is 6.18. The van der Waals surface area contributed by atoms with Crippen molar-refractivity contribution in [2.45, 2.75) is 51.5 Å². The smallest absolute Gasteiger partial charge is 0.225 e. The number of carbonyl (C=O) groups is 1. The third-order valence-electron chi connectivity index (χ3n) is 3.94. The lowest BCUT2D eigenvalue weighted by Crippen LogP contribution is -2.31. The van der Waals surface area contributed by atoms with E-state index in [0.29, 0.717) is 12.1 Å². The molecule has 0 fully saturated rings. The van der Waals surface area contributed by atoms with E-state index < -0.39 is 0 Å². The normalized spacial score (nSPS) is 16.0. The van der Waals surface area contributed by atoms with Crippen LogP contribution in [-0.2, 0) is 4.79 Å². The van der Waals surface area contributed by atoms with Crippen LogP contribution in [0.5, 0.6) is 0 Å². The lowest BCUT2D eigenvalue weighted by molar-refractivity contribution is -0.116. The molecule has 0 saturated carbocycles. The van der Waals surface area contributed by atoms with Gasteiger partial charge in [-0.05, 0) is 69.8 Å². The second kappa shape index (κ2) is 8.69. The van der Waals surface area contributed by atoms with E-state index >= 15 is 0 Å². The molecule has 1 aromatic rings. The number of rotatable bonds is 7. The van der Waals surface area contributed by atoms with Crippen molar-refractivity contribution in [2.24, 2.45) is 0 Å². The first-order valence-electron chi connectivity index (χ1n) is 8.10. The van der Waals surface area contributed by atoms with Gasteiger partial charge in [-0.1, -0.05) is 11.6 Å². The van der Waals surface area contributed by atoms with E-state index in [0.717, 1.165) is 13.0 Å². The monoisotopic (exact) mass is 304 g/mol. The predicted octanol–water partition coefficient (Wildman–Crippen LogP) is 4.02. The Morgan fingerprint density at radius 2 is 2.05 bits per heavy atom. The number of benzene rings is 1. The summed E-state index contributed by atoms with van der Waals surface area (Å²) in [5.41, 5.74) is 2.17. The minimum absolute atomic E-state index is 0.0523. The molecule has 1 aromatic carbocycles. The van der Waals surface area contributed by atoms with Crippen molar-refractivity contribution in [1.82, 2.24) is 5.32 Å². The fourth-order valence-electron chi connectivity index (χ4n) is 2.71. The molecule has 2 rings (SSSR count). The Morgan fingerprint density at radius 3 is 2.73 bits per heavy atom. The fourth-order valence-corrected chi connectivity index (χ4v) is 2.71. The van der Waals surface area contributed by atoms with Gasteiger partial charge in [0.25, 0.3) is 0 Å². The van der Waals surface area contributed by atoms with Gasteiger partial charge in [0.2, 0.25) is 5.91 Å². The SMILES string of the molecule is CC(CC(=O)Nc1ccc(F)cc1)NCCC1=CCCCC1. The highest BCUT2D eigenvalue weighted by Crippen LogP contribution is 2.19. The maximum atomic E-state index is 12.8. The van der Waals surface area contributed by atoms with Gasteiger partial charge in [-0.2, -0.15) is 0 Å². The highest BCUT2D eigenvalue weighted by Gasteiger charge is 2.10. The average molecular weight is 304 g/mol. The molecule has 0 aliphatic heterocycles. The van der Waals surface area contributed by atoms with Gasteiger partial charge in [0.05, 0.1) is 0 Å². The van der Waals surface area contributed by atoms with Crippen LogP contribution in [-0.4, -0.2) is 18.5 Å². The Bertz CT molecular complexity index is 510. The Labute approximate surface area is 132 Å². The molecule has 1 atom stereocenters. The van der Waals surface area contributed by atoms with Crippen LogP contribution < -0.4 is 10.6 Å². The molecule has 0 aromatic heterocycles. The summed E-state index contributed by atoms with van der Waals surface area (Å²) in [7, 11) is 0. The van der Waals surface area contributed by atoms with Crippen LogP contribution >= 0.6 is 0 Å². The number of carbonyl (C=O) groups excluding carboxylic acids is 1. The molecule has 0 bridgehead atoms. The van der Waals surface area contributed by atoms with Crippen molar-refractivity contribution in [1.29, 1.82) is 0 Å². The molecule has 2 N–H and O–H groups in total. The van der Waals surface area contributed by atoms with Gasteiger partial charge in [-0.25, -0.2) is 4.39 Å². The standard InChI is InChI=1S/C18H25FN2O/c1-14(20-12-11-15-5-3-2-4-6-15)13-18(22)21-17-9-7-16(19)8-10-17/h5,7-10,14,20H,2-4,6,11-13H2,1H3,(H,21,22). The van der Waals surface area contributed by atoms with E-state index in [-0.39, 0.29) is 17.8 Å². The average Bonchev–Trinajstić information content (AvgIpc) is 2.50. The Hall–Kier alpha value is -1.68. The zero-order valence-corrected chi connectivity index (χ0v) is 13.2. The second-order valence-corrected chi connectivity index (χ2v) is 5.97. The Morgan fingerprint density at radius 1 is 1.27 bits per heavy atom. The summed E-state index contributed by atoms with van der Waals surface area (Å²) >= 11 is 0. The molecule has 0 heterocycles. The minimum atomic E-state index is -0.301. The Kier molecular flexibility index (Phi) is 6.59. The van der Waals surface area contributed by atoms with Gasteiger partial charge < -0.3 is 10.6 Å². The van der Waals surface area contributed by atoms with E-state index in [1.807, 2.05) is 6.92 Å². The summed E-state index contributed by atoms with van der Waals surface area (Å²) < 4.78 is 12.8. The van der Waals surface area contributed by atoms with Crippen LogP contribution in [0.25, 0.3) is 0 Å². The summed E-state index contributed by atoms with van der Waals surface area (Å²) in [6.45, 7) is 2.93. The van der Waals surface area contributed by atoms with Crippen LogP contribution in [0.4, 0.5) is 10.1 Å². The van der Waals surface area contributed by atoms with Crippen LogP contribution in [0.1, 0.15) is 45.4 Å². The molecule has 1 aliphatic rings. The maximum absolute atomic E-state index is 12.8. The van der Waals surface area contributed by atoms with Crippen LogP contribution in [0.3, 0.4) is 0 Å². The molecule has 1 aliphatic carbocycles. The summed E-state index contributed by atoms with van der Waals surface area (Å²) in [6, 6.07) is 5.95. The van der Waals surface area contributed by atoms with Crippen LogP contribution in [0.15, 0.2) is 35.9 Å². The van der Waals surface area contributed by atoms with Gasteiger partial charge in [-0.3, -0.25) is 4.79 Å². The molecule has 0 saturated heterocycles. The first kappa shape index (κ1) is 16.7. The van der Waals surface area contributed by atoms with Crippen LogP contribution in [0.2, 0.25) is 0 Å². The van der Waals surface area contributed by atoms with E-state index in [2.05, 4.69) is 16.7 Å².